The highest BCUT2D eigenvalue weighted by Gasteiger charge is 2.15. The highest BCUT2D eigenvalue weighted by atomic mass is 32.1. The van der Waals surface area contributed by atoms with Gasteiger partial charge in [-0.05, 0) is 42.9 Å². The molecule has 1 amide bonds. The molecule has 148 valence electrons. The summed E-state index contributed by atoms with van der Waals surface area (Å²) in [6.45, 7) is 3.74. The number of nitrogens with zero attached hydrogens (tertiary/aromatic N) is 3. The number of aromatic nitrogens is 2. The van der Waals surface area contributed by atoms with E-state index in [4.69, 9.17) is 17.0 Å². The van der Waals surface area contributed by atoms with Crippen molar-refractivity contribution in [2.45, 2.75) is 20.0 Å². The molecular formula is C21H26N4O2S. The maximum Gasteiger partial charge on any atom is 0.238 e. The number of para-hydroxylation sites is 4. The third-order valence-corrected chi connectivity index (χ3v) is 5.18. The summed E-state index contributed by atoms with van der Waals surface area (Å²) in [4.78, 5) is 14.8. The van der Waals surface area contributed by atoms with Crippen molar-refractivity contribution in [3.8, 4) is 5.75 Å². The first-order valence-corrected chi connectivity index (χ1v) is 9.75. The lowest BCUT2D eigenvalue weighted by molar-refractivity contribution is -0.117. The number of aryl methyl sites for hydroxylation is 1. The third kappa shape index (κ3) is 4.26. The number of amides is 1. The van der Waals surface area contributed by atoms with Crippen LogP contribution < -0.4 is 10.1 Å². The van der Waals surface area contributed by atoms with E-state index < -0.39 is 0 Å². The van der Waals surface area contributed by atoms with Crippen LogP contribution in [0.15, 0.2) is 48.5 Å². The predicted molar refractivity (Wildman–Crippen MR) is 115 cm³/mol. The van der Waals surface area contributed by atoms with Gasteiger partial charge < -0.3 is 19.2 Å². The van der Waals surface area contributed by atoms with E-state index in [9.17, 15) is 4.79 Å². The largest absolute Gasteiger partial charge is 0.495 e. The van der Waals surface area contributed by atoms with Crippen molar-refractivity contribution in [2.24, 2.45) is 7.05 Å². The molecule has 1 aromatic heterocycles. The van der Waals surface area contributed by atoms with Crippen LogP contribution in [0.5, 0.6) is 5.75 Å². The fourth-order valence-corrected chi connectivity index (χ4v) is 3.61. The molecule has 3 aromatic rings. The van der Waals surface area contributed by atoms with Gasteiger partial charge in [-0.3, -0.25) is 9.69 Å². The normalized spacial score (nSPS) is 11.1. The minimum atomic E-state index is -0.0790. The van der Waals surface area contributed by atoms with Crippen LogP contribution in [-0.2, 0) is 18.5 Å². The summed E-state index contributed by atoms with van der Waals surface area (Å²) in [5, 5.41) is 2.95. The maximum absolute atomic E-state index is 12.7. The molecule has 0 atom stereocenters. The summed E-state index contributed by atoms with van der Waals surface area (Å²) < 4.78 is 10.1. The molecule has 1 N–H and O–H groups in total. The topological polar surface area (TPSA) is 51.4 Å². The molecule has 0 aliphatic heterocycles. The van der Waals surface area contributed by atoms with Crippen molar-refractivity contribution in [3.05, 3.63) is 53.3 Å². The number of nitrogens with one attached hydrogen (secondary N) is 1. The Morgan fingerprint density at radius 1 is 1.14 bits per heavy atom. The number of carbonyl (C=O) groups is 1. The average Bonchev–Trinajstić information content (AvgIpc) is 2.93. The maximum atomic E-state index is 12.7. The van der Waals surface area contributed by atoms with Crippen molar-refractivity contribution < 1.29 is 9.53 Å². The number of rotatable bonds is 8. The predicted octanol–water partition coefficient (Wildman–Crippen LogP) is 4.03. The average molecular weight is 399 g/mol. The minimum Gasteiger partial charge on any atom is -0.495 e. The SMILES string of the molecule is CCCN(CC(=O)Nc1ccccc1OC)Cn1c(=S)n(C)c2ccccc21. The Bertz CT molecular complexity index is 1020. The lowest BCUT2D eigenvalue weighted by Crippen LogP contribution is -2.35. The number of hydrogen-bond donors (Lipinski definition) is 1. The first kappa shape index (κ1) is 20.1. The van der Waals surface area contributed by atoms with Gasteiger partial charge in [0.15, 0.2) is 4.77 Å². The van der Waals surface area contributed by atoms with Gasteiger partial charge in [-0.25, -0.2) is 0 Å². The zero-order valence-corrected chi connectivity index (χ0v) is 17.3. The number of fused-ring (bicyclic) bond motifs is 1. The van der Waals surface area contributed by atoms with Gasteiger partial charge in [0.2, 0.25) is 5.91 Å². The fraction of sp³-hybridized carbons (Fsp3) is 0.333. The molecule has 0 unspecified atom stereocenters. The van der Waals surface area contributed by atoms with Crippen LogP contribution in [0.1, 0.15) is 13.3 Å². The van der Waals surface area contributed by atoms with Crippen molar-refractivity contribution in [1.82, 2.24) is 14.0 Å². The van der Waals surface area contributed by atoms with Gasteiger partial charge in [0.05, 0.1) is 37.0 Å². The van der Waals surface area contributed by atoms with Crippen LogP contribution in [0.3, 0.4) is 0 Å². The van der Waals surface area contributed by atoms with Crippen LogP contribution in [0.4, 0.5) is 5.69 Å². The van der Waals surface area contributed by atoms with E-state index in [-0.39, 0.29) is 12.5 Å². The number of hydrogen-bond acceptors (Lipinski definition) is 4. The van der Waals surface area contributed by atoms with E-state index in [0.29, 0.717) is 18.1 Å². The van der Waals surface area contributed by atoms with Crippen LogP contribution in [0.25, 0.3) is 11.0 Å². The molecular weight excluding hydrogens is 372 g/mol. The van der Waals surface area contributed by atoms with E-state index in [1.165, 1.54) is 0 Å². The minimum absolute atomic E-state index is 0.0790. The smallest absolute Gasteiger partial charge is 0.238 e. The molecule has 2 aromatic carbocycles. The van der Waals surface area contributed by atoms with Crippen molar-refractivity contribution in [3.63, 3.8) is 0 Å². The monoisotopic (exact) mass is 398 g/mol. The Labute approximate surface area is 170 Å². The molecule has 0 bridgehead atoms. The van der Waals surface area contributed by atoms with Gasteiger partial charge in [-0.2, -0.15) is 0 Å². The third-order valence-electron chi connectivity index (χ3n) is 4.68. The Morgan fingerprint density at radius 2 is 1.82 bits per heavy atom. The quantitative estimate of drug-likeness (QED) is 0.582. The summed E-state index contributed by atoms with van der Waals surface area (Å²) in [6.07, 6.45) is 0.944. The number of anilines is 1. The molecule has 3 rings (SSSR count). The Balaban J connectivity index is 1.78. The summed E-state index contributed by atoms with van der Waals surface area (Å²) in [5.41, 5.74) is 2.83. The molecule has 28 heavy (non-hydrogen) atoms. The van der Waals surface area contributed by atoms with Crippen molar-refractivity contribution in [1.29, 1.82) is 0 Å². The standard InChI is InChI=1S/C21H26N4O2S/c1-4-13-24(14-20(26)22-16-9-5-8-12-19(16)27-3)15-25-18-11-7-6-10-17(18)23(2)21(25)28/h5-12H,4,13-15H2,1-3H3,(H,22,26). The molecule has 0 aliphatic carbocycles. The van der Waals surface area contributed by atoms with Gasteiger partial charge in [0.1, 0.15) is 5.75 Å². The first-order chi connectivity index (χ1) is 13.5. The summed E-state index contributed by atoms with van der Waals surface area (Å²) in [6, 6.07) is 15.5. The second-order valence-corrected chi connectivity index (χ2v) is 7.07. The van der Waals surface area contributed by atoms with E-state index in [1.807, 2.05) is 48.0 Å². The molecule has 0 radical (unpaired) electrons. The highest BCUT2D eigenvalue weighted by Crippen LogP contribution is 2.23. The summed E-state index contributed by atoms with van der Waals surface area (Å²) in [7, 11) is 3.57. The van der Waals surface area contributed by atoms with Gasteiger partial charge in [-0.1, -0.05) is 31.2 Å². The van der Waals surface area contributed by atoms with E-state index in [1.54, 1.807) is 7.11 Å². The molecule has 7 heteroatoms. The number of benzene rings is 2. The lowest BCUT2D eigenvalue weighted by Gasteiger charge is -2.22. The Kier molecular flexibility index (Phi) is 6.49. The molecule has 0 aliphatic rings. The van der Waals surface area contributed by atoms with Gasteiger partial charge in [0.25, 0.3) is 0 Å². The number of carbonyl (C=O) groups excluding carboxylic acids is 1. The number of methoxy groups -OCH3 is 1. The van der Waals surface area contributed by atoms with E-state index in [2.05, 4.69) is 33.8 Å². The van der Waals surface area contributed by atoms with E-state index in [0.717, 1.165) is 28.8 Å². The molecule has 6 nitrogen and oxygen atoms in total. The van der Waals surface area contributed by atoms with Crippen LogP contribution in [0, 0.1) is 4.77 Å². The van der Waals surface area contributed by atoms with Crippen molar-refractivity contribution >= 4 is 34.8 Å². The van der Waals surface area contributed by atoms with Gasteiger partial charge in [-0.15, -0.1) is 0 Å². The summed E-state index contributed by atoms with van der Waals surface area (Å²) >= 11 is 5.63. The second kappa shape index (κ2) is 9.03. The Morgan fingerprint density at radius 3 is 2.54 bits per heavy atom. The second-order valence-electron chi connectivity index (χ2n) is 6.70. The molecule has 0 fully saturated rings. The lowest BCUT2D eigenvalue weighted by atomic mass is 10.3. The Hall–Kier alpha value is -2.64. The highest BCUT2D eigenvalue weighted by molar-refractivity contribution is 7.71. The summed E-state index contributed by atoms with van der Waals surface area (Å²) in [5.74, 6) is 0.568. The van der Waals surface area contributed by atoms with Crippen molar-refractivity contribution in [2.75, 3.05) is 25.5 Å². The fourth-order valence-electron chi connectivity index (χ4n) is 3.36. The van der Waals surface area contributed by atoms with Gasteiger partial charge in [0, 0.05) is 13.6 Å². The molecule has 0 saturated carbocycles. The van der Waals surface area contributed by atoms with Crippen LogP contribution in [-0.4, -0.2) is 40.1 Å². The first-order valence-electron chi connectivity index (χ1n) is 9.34. The van der Waals surface area contributed by atoms with Crippen LogP contribution in [0.2, 0.25) is 0 Å². The van der Waals surface area contributed by atoms with E-state index >= 15 is 0 Å². The number of ether oxygens (including phenoxy) is 1. The zero-order chi connectivity index (χ0) is 20.1. The molecule has 0 saturated heterocycles. The van der Waals surface area contributed by atoms with Gasteiger partial charge >= 0.3 is 0 Å². The molecule has 0 spiro atoms. The number of imidazole rings is 1. The zero-order valence-electron chi connectivity index (χ0n) is 16.5. The van der Waals surface area contributed by atoms with Crippen LogP contribution >= 0.6 is 12.2 Å². The molecule has 1 heterocycles.